The number of unbranched alkanes of at least 4 members (excludes halogenated alkanes) is 6. The second kappa shape index (κ2) is 8.46. The van der Waals surface area contributed by atoms with Crippen molar-refractivity contribution in [1.82, 2.24) is 0 Å². The first-order chi connectivity index (χ1) is 11.0. The quantitative estimate of drug-likeness (QED) is 0.477. The Labute approximate surface area is 139 Å². The molecule has 0 radical (unpaired) electrons. The molecule has 2 rings (SSSR count). The SMILES string of the molecule is CCCCCCCCCc1ccc2cc(S(=O)(=O)[O-])ccc2c1. The average molecular weight is 333 g/mol. The molecule has 2 aromatic carbocycles. The summed E-state index contributed by atoms with van der Waals surface area (Å²) in [6.45, 7) is 2.23. The number of rotatable bonds is 9. The molecule has 0 aromatic heterocycles. The van der Waals surface area contributed by atoms with E-state index in [2.05, 4.69) is 13.0 Å². The van der Waals surface area contributed by atoms with Gasteiger partial charge in [-0.25, -0.2) is 8.42 Å². The van der Waals surface area contributed by atoms with Crippen LogP contribution in [0.5, 0.6) is 0 Å². The van der Waals surface area contributed by atoms with Crippen LogP contribution in [-0.2, 0) is 16.5 Å². The zero-order valence-corrected chi connectivity index (χ0v) is 14.6. The Hall–Kier alpha value is -1.39. The van der Waals surface area contributed by atoms with Crippen LogP contribution in [0.25, 0.3) is 10.8 Å². The van der Waals surface area contributed by atoms with E-state index in [0.717, 1.165) is 17.2 Å². The summed E-state index contributed by atoms with van der Waals surface area (Å²) >= 11 is 0. The molecule has 0 aliphatic rings. The molecule has 0 aliphatic heterocycles. The summed E-state index contributed by atoms with van der Waals surface area (Å²) in [6, 6.07) is 10.6. The van der Waals surface area contributed by atoms with E-state index in [1.54, 1.807) is 6.07 Å². The Balaban J connectivity index is 1.91. The molecule has 23 heavy (non-hydrogen) atoms. The van der Waals surface area contributed by atoms with Gasteiger partial charge in [-0.15, -0.1) is 0 Å². The number of hydrogen-bond acceptors (Lipinski definition) is 3. The van der Waals surface area contributed by atoms with Crippen molar-refractivity contribution in [3.05, 3.63) is 42.0 Å². The normalized spacial score (nSPS) is 11.9. The third-order valence-electron chi connectivity index (χ3n) is 4.23. The van der Waals surface area contributed by atoms with E-state index >= 15 is 0 Å². The molecule has 0 unspecified atom stereocenters. The highest BCUT2D eigenvalue weighted by Crippen LogP contribution is 2.21. The average Bonchev–Trinajstić information content (AvgIpc) is 2.52. The van der Waals surface area contributed by atoms with Crippen molar-refractivity contribution in [3.8, 4) is 0 Å². The van der Waals surface area contributed by atoms with Crippen LogP contribution in [0.4, 0.5) is 0 Å². The fourth-order valence-electron chi connectivity index (χ4n) is 2.87. The lowest BCUT2D eigenvalue weighted by atomic mass is 10.0. The summed E-state index contributed by atoms with van der Waals surface area (Å²) in [7, 11) is -4.38. The zero-order chi connectivity index (χ0) is 16.7. The summed E-state index contributed by atoms with van der Waals surface area (Å²) in [6.07, 6.45) is 10.1. The van der Waals surface area contributed by atoms with Crippen molar-refractivity contribution >= 4 is 20.9 Å². The van der Waals surface area contributed by atoms with Crippen LogP contribution in [0.1, 0.15) is 57.4 Å². The molecule has 0 amide bonds. The molecular weight excluding hydrogens is 308 g/mol. The van der Waals surface area contributed by atoms with Gasteiger partial charge in [0.1, 0.15) is 10.1 Å². The first-order valence-corrected chi connectivity index (χ1v) is 9.90. The molecule has 126 valence electrons. The molecule has 2 aromatic rings. The van der Waals surface area contributed by atoms with E-state index in [1.165, 1.54) is 62.6 Å². The van der Waals surface area contributed by atoms with E-state index in [4.69, 9.17) is 0 Å². The molecule has 0 fully saturated rings. The summed E-state index contributed by atoms with van der Waals surface area (Å²) in [4.78, 5) is -0.162. The number of aryl methyl sites for hydroxylation is 1. The fourth-order valence-corrected chi connectivity index (χ4v) is 3.38. The van der Waals surface area contributed by atoms with E-state index in [1.807, 2.05) is 12.1 Å². The van der Waals surface area contributed by atoms with Gasteiger partial charge in [-0.2, -0.15) is 0 Å². The monoisotopic (exact) mass is 333 g/mol. The number of fused-ring (bicyclic) bond motifs is 1. The van der Waals surface area contributed by atoms with E-state index in [0.29, 0.717) is 0 Å². The Kier molecular flexibility index (Phi) is 6.60. The van der Waals surface area contributed by atoms with Crippen LogP contribution in [0.2, 0.25) is 0 Å². The highest BCUT2D eigenvalue weighted by molar-refractivity contribution is 7.85. The van der Waals surface area contributed by atoms with Crippen LogP contribution < -0.4 is 0 Å². The van der Waals surface area contributed by atoms with E-state index in [9.17, 15) is 13.0 Å². The maximum atomic E-state index is 11.1. The van der Waals surface area contributed by atoms with Crippen molar-refractivity contribution < 1.29 is 13.0 Å². The largest absolute Gasteiger partial charge is 0.744 e. The topological polar surface area (TPSA) is 57.2 Å². The number of hydrogen-bond donors (Lipinski definition) is 0. The summed E-state index contributed by atoms with van der Waals surface area (Å²) < 4.78 is 33.2. The predicted octanol–water partition coefficient (Wildman–Crippen LogP) is 5.04. The molecule has 0 aliphatic carbocycles. The maximum Gasteiger partial charge on any atom is 0.124 e. The third-order valence-corrected chi connectivity index (χ3v) is 5.07. The minimum Gasteiger partial charge on any atom is -0.744 e. The molecule has 0 saturated carbocycles. The lowest BCUT2D eigenvalue weighted by molar-refractivity contribution is 0.463. The van der Waals surface area contributed by atoms with Crippen LogP contribution in [0, 0.1) is 0 Å². The lowest BCUT2D eigenvalue weighted by Gasteiger charge is -2.09. The molecule has 0 N–H and O–H groups in total. The van der Waals surface area contributed by atoms with Gasteiger partial charge in [0.2, 0.25) is 0 Å². The number of benzene rings is 2. The Bertz CT molecular complexity index is 735. The molecule has 0 spiro atoms. The second-order valence-corrected chi connectivity index (χ2v) is 7.55. The van der Waals surface area contributed by atoms with Gasteiger partial charge in [0.25, 0.3) is 0 Å². The first kappa shape index (κ1) is 18.0. The van der Waals surface area contributed by atoms with Gasteiger partial charge >= 0.3 is 0 Å². The van der Waals surface area contributed by atoms with Crippen molar-refractivity contribution in [2.75, 3.05) is 0 Å². The van der Waals surface area contributed by atoms with Crippen molar-refractivity contribution in [1.29, 1.82) is 0 Å². The highest BCUT2D eigenvalue weighted by atomic mass is 32.2. The highest BCUT2D eigenvalue weighted by Gasteiger charge is 2.03. The fraction of sp³-hybridized carbons (Fsp3) is 0.474. The Morgan fingerprint density at radius 3 is 2.13 bits per heavy atom. The van der Waals surface area contributed by atoms with Crippen molar-refractivity contribution in [2.24, 2.45) is 0 Å². The van der Waals surface area contributed by atoms with Gasteiger partial charge in [0.05, 0.1) is 4.90 Å². The molecular formula is C19H25O3S-. The van der Waals surface area contributed by atoms with Gasteiger partial charge in [-0.1, -0.05) is 69.7 Å². The van der Waals surface area contributed by atoms with Gasteiger partial charge in [-0.05, 0) is 41.3 Å². The van der Waals surface area contributed by atoms with Gasteiger partial charge in [-0.3, -0.25) is 0 Å². The second-order valence-electron chi connectivity index (χ2n) is 6.17. The summed E-state index contributed by atoms with van der Waals surface area (Å²) in [5.74, 6) is 0. The van der Waals surface area contributed by atoms with Gasteiger partial charge in [0, 0.05) is 0 Å². The minimum atomic E-state index is -4.38. The summed E-state index contributed by atoms with van der Waals surface area (Å²) in [5.41, 5.74) is 1.27. The van der Waals surface area contributed by atoms with Gasteiger partial charge < -0.3 is 4.55 Å². The minimum absolute atomic E-state index is 0.162. The molecule has 0 saturated heterocycles. The van der Waals surface area contributed by atoms with Gasteiger partial charge in [0.15, 0.2) is 0 Å². The van der Waals surface area contributed by atoms with E-state index < -0.39 is 10.1 Å². The molecule has 0 heterocycles. The van der Waals surface area contributed by atoms with Crippen LogP contribution in [0.3, 0.4) is 0 Å². The zero-order valence-electron chi connectivity index (χ0n) is 13.8. The molecule has 0 bridgehead atoms. The Morgan fingerprint density at radius 2 is 1.43 bits per heavy atom. The van der Waals surface area contributed by atoms with Crippen molar-refractivity contribution in [2.45, 2.75) is 63.2 Å². The van der Waals surface area contributed by atoms with E-state index in [-0.39, 0.29) is 4.90 Å². The molecule has 3 nitrogen and oxygen atoms in total. The third kappa shape index (κ3) is 5.63. The maximum absolute atomic E-state index is 11.1. The molecule has 4 heteroatoms. The lowest BCUT2D eigenvalue weighted by Crippen LogP contribution is -1.98. The van der Waals surface area contributed by atoms with Crippen LogP contribution in [0.15, 0.2) is 41.3 Å². The van der Waals surface area contributed by atoms with Crippen molar-refractivity contribution in [3.63, 3.8) is 0 Å². The molecule has 0 atom stereocenters. The summed E-state index contributed by atoms with van der Waals surface area (Å²) in [5, 5.41) is 1.78. The first-order valence-electron chi connectivity index (χ1n) is 8.49. The van der Waals surface area contributed by atoms with Crippen LogP contribution >= 0.6 is 0 Å². The smallest absolute Gasteiger partial charge is 0.124 e. The predicted molar refractivity (Wildman–Crippen MR) is 93.6 cm³/mol. The standard InChI is InChI=1S/C19H26O3S/c1-2-3-4-5-6-7-8-9-16-10-11-18-15-19(23(20,21)22)13-12-17(18)14-16/h10-15H,2-9H2,1H3,(H,20,21,22)/p-1. The van der Waals surface area contributed by atoms with Crippen LogP contribution in [-0.4, -0.2) is 13.0 Å². The Morgan fingerprint density at radius 1 is 0.826 bits per heavy atom.